The monoisotopic (exact) mass is 236 g/mol. The molecule has 1 aliphatic heterocycles. The number of hydrogen-bond acceptors (Lipinski definition) is 2. The molecular weight excluding hydrogens is 220 g/mol. The van der Waals surface area contributed by atoms with Gasteiger partial charge in [-0.05, 0) is 34.1 Å². The van der Waals surface area contributed by atoms with Crippen LogP contribution in [0, 0.1) is 5.92 Å². The van der Waals surface area contributed by atoms with E-state index in [9.17, 15) is 13.2 Å². The van der Waals surface area contributed by atoms with E-state index in [0.29, 0.717) is 0 Å². The van der Waals surface area contributed by atoms with Crippen molar-refractivity contribution in [3.05, 3.63) is 0 Å². The van der Waals surface area contributed by atoms with Crippen LogP contribution < -0.4 is 0 Å². The van der Waals surface area contributed by atoms with Gasteiger partial charge in [-0.25, -0.2) is 0 Å². The lowest BCUT2D eigenvalue weighted by Crippen LogP contribution is -2.41. The lowest BCUT2D eigenvalue weighted by molar-refractivity contribution is -0.147. The minimum atomic E-state index is -4.12. The van der Waals surface area contributed by atoms with E-state index in [2.05, 4.69) is 0 Å². The molecule has 0 N–H and O–H groups in total. The van der Waals surface area contributed by atoms with Crippen LogP contribution in [-0.2, 0) is 9.31 Å². The SMILES string of the molecule is CC1(C)OB([C@H]2C[C@H]2C(F)(F)F)OC1(C)C. The summed E-state index contributed by atoms with van der Waals surface area (Å²) in [6, 6.07) is 0. The van der Waals surface area contributed by atoms with Crippen LogP contribution in [0.4, 0.5) is 13.2 Å². The molecule has 0 aromatic rings. The molecule has 2 atom stereocenters. The maximum absolute atomic E-state index is 12.4. The van der Waals surface area contributed by atoms with Gasteiger partial charge in [0.15, 0.2) is 0 Å². The topological polar surface area (TPSA) is 18.5 Å². The first-order valence-electron chi connectivity index (χ1n) is 5.47. The van der Waals surface area contributed by atoms with Crippen molar-refractivity contribution in [2.24, 2.45) is 5.92 Å². The molecule has 0 spiro atoms. The Morgan fingerprint density at radius 3 is 1.81 bits per heavy atom. The molecule has 0 unspecified atom stereocenters. The summed E-state index contributed by atoms with van der Waals surface area (Å²) in [7, 11) is -0.711. The zero-order chi connectivity index (χ0) is 12.4. The maximum atomic E-state index is 12.4. The van der Waals surface area contributed by atoms with Crippen molar-refractivity contribution < 1.29 is 22.5 Å². The zero-order valence-corrected chi connectivity index (χ0v) is 9.89. The summed E-state index contributed by atoms with van der Waals surface area (Å²) in [4.78, 5) is 0. The van der Waals surface area contributed by atoms with Crippen LogP contribution in [0.3, 0.4) is 0 Å². The molecule has 0 amide bonds. The van der Waals surface area contributed by atoms with E-state index in [1.54, 1.807) is 0 Å². The molecule has 2 rings (SSSR count). The Morgan fingerprint density at radius 2 is 1.50 bits per heavy atom. The Morgan fingerprint density at radius 1 is 1.06 bits per heavy atom. The minimum absolute atomic E-state index is 0.125. The van der Waals surface area contributed by atoms with E-state index in [0.717, 1.165) is 0 Å². The van der Waals surface area contributed by atoms with Crippen molar-refractivity contribution in [2.75, 3.05) is 0 Å². The second kappa shape index (κ2) is 3.16. The molecule has 2 aliphatic rings. The Hall–Kier alpha value is -0.225. The number of alkyl halides is 3. The average Bonchev–Trinajstić information content (AvgIpc) is 2.73. The second-order valence-electron chi connectivity index (χ2n) is 5.67. The van der Waals surface area contributed by atoms with E-state index in [-0.39, 0.29) is 6.42 Å². The highest BCUT2D eigenvalue weighted by Crippen LogP contribution is 2.59. The molecule has 1 saturated heterocycles. The van der Waals surface area contributed by atoms with Gasteiger partial charge in [-0.3, -0.25) is 0 Å². The van der Waals surface area contributed by atoms with Crippen LogP contribution in [0.25, 0.3) is 0 Å². The van der Waals surface area contributed by atoms with Gasteiger partial charge >= 0.3 is 13.3 Å². The van der Waals surface area contributed by atoms with E-state index in [1.165, 1.54) is 0 Å². The quantitative estimate of drug-likeness (QED) is 0.651. The minimum Gasteiger partial charge on any atom is -0.403 e. The third-order valence-electron chi connectivity index (χ3n) is 3.88. The second-order valence-corrected chi connectivity index (χ2v) is 5.67. The molecule has 16 heavy (non-hydrogen) atoms. The van der Waals surface area contributed by atoms with Gasteiger partial charge in [0.1, 0.15) is 0 Å². The fraction of sp³-hybridized carbons (Fsp3) is 1.00. The smallest absolute Gasteiger partial charge is 0.403 e. The van der Waals surface area contributed by atoms with Crippen molar-refractivity contribution in [1.82, 2.24) is 0 Å². The highest BCUT2D eigenvalue weighted by Gasteiger charge is 2.66. The lowest BCUT2D eigenvalue weighted by atomic mass is 9.80. The molecule has 1 aliphatic carbocycles. The summed E-state index contributed by atoms with van der Waals surface area (Å²) in [6.07, 6.45) is -3.99. The molecule has 0 bridgehead atoms. The summed E-state index contributed by atoms with van der Waals surface area (Å²) in [5, 5.41) is 0. The predicted molar refractivity (Wildman–Crippen MR) is 54.0 cm³/mol. The van der Waals surface area contributed by atoms with Gasteiger partial charge in [-0.15, -0.1) is 0 Å². The first kappa shape index (κ1) is 12.2. The van der Waals surface area contributed by atoms with Crippen LogP contribution in [0.2, 0.25) is 5.82 Å². The van der Waals surface area contributed by atoms with Crippen molar-refractivity contribution in [1.29, 1.82) is 0 Å². The number of hydrogen-bond donors (Lipinski definition) is 0. The standard InChI is InChI=1S/C10H16BF3O2/c1-8(2)9(3,4)16-11(15-8)7-5-6(7)10(12,13)14/h6-7H,5H2,1-4H3/t6-,7+/m1/s1. The lowest BCUT2D eigenvalue weighted by Gasteiger charge is -2.32. The molecule has 6 heteroatoms. The Bertz CT molecular complexity index is 285. The van der Waals surface area contributed by atoms with Gasteiger partial charge in [0.25, 0.3) is 0 Å². The highest BCUT2D eigenvalue weighted by atomic mass is 19.4. The largest absolute Gasteiger partial charge is 0.461 e. The third-order valence-corrected chi connectivity index (χ3v) is 3.88. The Balaban J connectivity index is 2.02. The van der Waals surface area contributed by atoms with Gasteiger partial charge in [0.2, 0.25) is 0 Å². The molecule has 1 saturated carbocycles. The molecule has 0 radical (unpaired) electrons. The van der Waals surface area contributed by atoms with Gasteiger partial charge < -0.3 is 9.31 Å². The van der Waals surface area contributed by atoms with Gasteiger partial charge in [-0.1, -0.05) is 0 Å². The van der Waals surface area contributed by atoms with Crippen molar-refractivity contribution in [3.8, 4) is 0 Å². The van der Waals surface area contributed by atoms with Gasteiger partial charge in [0, 0.05) is 5.82 Å². The molecule has 1 heterocycles. The fourth-order valence-electron chi connectivity index (χ4n) is 1.96. The van der Waals surface area contributed by atoms with Crippen LogP contribution >= 0.6 is 0 Å². The van der Waals surface area contributed by atoms with Crippen LogP contribution in [0.1, 0.15) is 34.1 Å². The van der Waals surface area contributed by atoms with E-state index in [4.69, 9.17) is 9.31 Å². The van der Waals surface area contributed by atoms with Crippen molar-refractivity contribution >= 4 is 7.12 Å². The van der Waals surface area contributed by atoms with E-state index < -0.39 is 36.2 Å². The first-order valence-corrected chi connectivity index (χ1v) is 5.47. The van der Waals surface area contributed by atoms with Gasteiger partial charge in [0.05, 0.1) is 17.1 Å². The summed E-state index contributed by atoms with van der Waals surface area (Å²) >= 11 is 0. The maximum Gasteiger partial charge on any atom is 0.461 e. The fourth-order valence-corrected chi connectivity index (χ4v) is 1.96. The van der Waals surface area contributed by atoms with Crippen LogP contribution in [0.15, 0.2) is 0 Å². The van der Waals surface area contributed by atoms with Crippen molar-refractivity contribution in [2.45, 2.75) is 57.3 Å². The highest BCUT2D eigenvalue weighted by molar-refractivity contribution is 6.48. The average molecular weight is 236 g/mol. The van der Waals surface area contributed by atoms with E-state index >= 15 is 0 Å². The summed E-state index contributed by atoms with van der Waals surface area (Å²) in [5.74, 6) is -1.77. The van der Waals surface area contributed by atoms with Gasteiger partial charge in [-0.2, -0.15) is 13.2 Å². The molecule has 2 fully saturated rings. The first-order chi connectivity index (χ1) is 7.05. The molecular formula is C10H16BF3O2. The van der Waals surface area contributed by atoms with Crippen LogP contribution in [-0.4, -0.2) is 24.5 Å². The molecule has 0 aromatic carbocycles. The summed E-state index contributed by atoms with van der Waals surface area (Å²) in [6.45, 7) is 7.38. The third kappa shape index (κ3) is 1.86. The molecule has 2 nitrogen and oxygen atoms in total. The normalized spacial score (nSPS) is 36.6. The summed E-state index contributed by atoms with van der Waals surface area (Å²) in [5.41, 5.74) is -1.09. The molecule has 0 aromatic heterocycles. The Kier molecular flexibility index (Phi) is 2.42. The van der Waals surface area contributed by atoms with E-state index in [1.807, 2.05) is 27.7 Å². The summed E-state index contributed by atoms with van der Waals surface area (Å²) < 4.78 is 48.4. The van der Waals surface area contributed by atoms with Crippen molar-refractivity contribution in [3.63, 3.8) is 0 Å². The number of halogens is 3. The Labute approximate surface area is 93.6 Å². The predicted octanol–water partition coefficient (Wildman–Crippen LogP) is 3.03. The number of rotatable bonds is 1. The van der Waals surface area contributed by atoms with Crippen LogP contribution in [0.5, 0.6) is 0 Å². The molecule has 92 valence electrons. The zero-order valence-electron chi connectivity index (χ0n) is 9.89.